The predicted molar refractivity (Wildman–Crippen MR) is 53.5 cm³/mol. The fourth-order valence-electron chi connectivity index (χ4n) is 0.689. The lowest BCUT2D eigenvalue weighted by Crippen LogP contribution is -2.27. The molecule has 12 heavy (non-hydrogen) atoms. The molecule has 0 saturated carbocycles. The second-order valence-corrected chi connectivity index (χ2v) is 2.19. The van der Waals surface area contributed by atoms with Gasteiger partial charge in [0.15, 0.2) is 0 Å². The van der Waals surface area contributed by atoms with Gasteiger partial charge in [0.1, 0.15) is 0 Å². The Morgan fingerprint density at radius 2 is 1.67 bits per heavy atom. The van der Waals surface area contributed by atoms with Gasteiger partial charge in [0.2, 0.25) is 0 Å². The van der Waals surface area contributed by atoms with Crippen molar-refractivity contribution in [3.63, 3.8) is 0 Å². The topological polar surface area (TPSA) is 50.1 Å². The molecule has 0 heterocycles. The molecule has 0 radical (unpaired) electrons. The summed E-state index contributed by atoms with van der Waals surface area (Å²) in [5.41, 5.74) is 5.36. The first-order valence-electron chi connectivity index (χ1n) is 3.95. The summed E-state index contributed by atoms with van der Waals surface area (Å²) in [6.45, 7) is 9.19. The maximum Gasteiger partial charge on any atom is 0.0963 e. The maximum atomic E-state index is 5.36. The van der Waals surface area contributed by atoms with Gasteiger partial charge in [0.05, 0.1) is 5.82 Å². The number of nitrogens with two attached hydrogens (primary N) is 1. The zero-order chi connectivity index (χ0) is 9.23. The quantitative estimate of drug-likeness (QED) is 0.479. The molecule has 0 fully saturated rings. The van der Waals surface area contributed by atoms with Gasteiger partial charge in [0.25, 0.3) is 0 Å². The Kier molecular flexibility index (Phi) is 7.08. The van der Waals surface area contributed by atoms with Crippen molar-refractivity contribution in [3.8, 4) is 0 Å². The highest BCUT2D eigenvalue weighted by Gasteiger charge is 1.89. The van der Waals surface area contributed by atoms with Crippen molar-refractivity contribution >= 4 is 0 Å². The lowest BCUT2D eigenvalue weighted by molar-refractivity contribution is 0.756. The number of rotatable bonds is 7. The monoisotopic (exact) mass is 167 g/mol. The van der Waals surface area contributed by atoms with Crippen LogP contribution in [0.25, 0.3) is 0 Å². The van der Waals surface area contributed by atoms with E-state index in [0.29, 0.717) is 6.54 Å². The van der Waals surface area contributed by atoms with Gasteiger partial charge in [-0.15, -0.1) is 13.2 Å². The minimum atomic E-state index is 0.517. The summed E-state index contributed by atoms with van der Waals surface area (Å²) in [6, 6.07) is 0. The Labute approximate surface area is 74.0 Å². The molecular weight excluding hydrogens is 150 g/mol. The molecule has 0 unspecified atom stereocenters. The molecule has 3 heteroatoms. The van der Waals surface area contributed by atoms with Crippen LogP contribution in [0.3, 0.4) is 0 Å². The molecule has 4 N–H and O–H groups in total. The van der Waals surface area contributed by atoms with Crippen LogP contribution in [-0.4, -0.2) is 19.6 Å². The fourth-order valence-corrected chi connectivity index (χ4v) is 0.689. The minimum absolute atomic E-state index is 0.517. The maximum absolute atomic E-state index is 5.36. The lowest BCUT2D eigenvalue weighted by Gasteiger charge is -2.09. The van der Waals surface area contributed by atoms with E-state index in [9.17, 15) is 0 Å². The van der Waals surface area contributed by atoms with Gasteiger partial charge in [0, 0.05) is 19.6 Å². The third-order valence-corrected chi connectivity index (χ3v) is 1.20. The first kappa shape index (κ1) is 10.8. The van der Waals surface area contributed by atoms with Crippen LogP contribution in [0.5, 0.6) is 0 Å². The van der Waals surface area contributed by atoms with E-state index in [4.69, 9.17) is 5.73 Å². The van der Waals surface area contributed by atoms with Crippen LogP contribution in [0.2, 0.25) is 0 Å². The SMILES string of the molecule is C=CCNC(=CCN)NCC=C. The Morgan fingerprint density at radius 3 is 2.00 bits per heavy atom. The van der Waals surface area contributed by atoms with Crippen molar-refractivity contribution in [2.75, 3.05) is 19.6 Å². The average molecular weight is 167 g/mol. The molecular formula is C9H17N3. The molecule has 0 aliphatic rings. The lowest BCUT2D eigenvalue weighted by atomic mass is 10.5. The first-order chi connectivity index (χ1) is 5.85. The van der Waals surface area contributed by atoms with E-state index in [1.54, 1.807) is 12.2 Å². The molecule has 0 aromatic rings. The molecule has 0 rings (SSSR count). The molecule has 0 aliphatic carbocycles. The Hall–Kier alpha value is -1.22. The fraction of sp³-hybridized carbons (Fsp3) is 0.333. The second kappa shape index (κ2) is 7.88. The normalized spacial score (nSPS) is 8.42. The van der Waals surface area contributed by atoms with Crippen molar-refractivity contribution in [3.05, 3.63) is 37.2 Å². The van der Waals surface area contributed by atoms with E-state index < -0.39 is 0 Å². The highest BCUT2D eigenvalue weighted by atomic mass is 15.1. The largest absolute Gasteiger partial charge is 0.369 e. The van der Waals surface area contributed by atoms with Gasteiger partial charge >= 0.3 is 0 Å². The van der Waals surface area contributed by atoms with Crippen LogP contribution >= 0.6 is 0 Å². The van der Waals surface area contributed by atoms with Crippen LogP contribution in [0.4, 0.5) is 0 Å². The summed E-state index contributed by atoms with van der Waals surface area (Å²) in [5.74, 6) is 0.928. The number of hydrogen-bond donors (Lipinski definition) is 3. The van der Waals surface area contributed by atoms with Gasteiger partial charge in [-0.05, 0) is 6.08 Å². The highest BCUT2D eigenvalue weighted by Crippen LogP contribution is 1.81. The molecule has 0 bridgehead atoms. The Bertz CT molecular complexity index is 147. The predicted octanol–water partition coefficient (Wildman–Crippen LogP) is 0.338. The average Bonchev–Trinajstić information content (AvgIpc) is 2.10. The van der Waals surface area contributed by atoms with Crippen LogP contribution in [-0.2, 0) is 0 Å². The zero-order valence-electron chi connectivity index (χ0n) is 7.34. The molecule has 0 amide bonds. The summed E-state index contributed by atoms with van der Waals surface area (Å²) < 4.78 is 0. The second-order valence-electron chi connectivity index (χ2n) is 2.19. The standard InChI is InChI=1S/C9H17N3/c1-3-7-11-9(5-6-10)12-8-4-2/h3-5,11-12H,1-2,6-8,10H2. The molecule has 0 atom stereocenters. The van der Waals surface area contributed by atoms with E-state index >= 15 is 0 Å². The smallest absolute Gasteiger partial charge is 0.0963 e. The van der Waals surface area contributed by atoms with Crippen LogP contribution < -0.4 is 16.4 Å². The van der Waals surface area contributed by atoms with Crippen molar-refractivity contribution in [2.24, 2.45) is 5.73 Å². The van der Waals surface area contributed by atoms with Crippen molar-refractivity contribution in [1.29, 1.82) is 0 Å². The number of hydrogen-bond acceptors (Lipinski definition) is 3. The Morgan fingerprint density at radius 1 is 1.17 bits per heavy atom. The van der Waals surface area contributed by atoms with Crippen LogP contribution in [0.15, 0.2) is 37.2 Å². The van der Waals surface area contributed by atoms with Crippen molar-refractivity contribution < 1.29 is 0 Å². The van der Waals surface area contributed by atoms with E-state index in [0.717, 1.165) is 18.9 Å². The van der Waals surface area contributed by atoms with Crippen molar-refractivity contribution in [1.82, 2.24) is 10.6 Å². The molecule has 0 aromatic heterocycles. The third kappa shape index (κ3) is 5.56. The first-order valence-corrected chi connectivity index (χ1v) is 3.95. The molecule has 0 spiro atoms. The summed E-state index contributed by atoms with van der Waals surface area (Å²) in [6.07, 6.45) is 5.47. The minimum Gasteiger partial charge on any atom is -0.369 e. The molecule has 0 saturated heterocycles. The third-order valence-electron chi connectivity index (χ3n) is 1.20. The number of nitrogens with one attached hydrogen (secondary N) is 2. The summed E-state index contributed by atoms with van der Waals surface area (Å²) in [5, 5.41) is 6.22. The summed E-state index contributed by atoms with van der Waals surface area (Å²) in [4.78, 5) is 0. The van der Waals surface area contributed by atoms with Gasteiger partial charge < -0.3 is 16.4 Å². The molecule has 0 aliphatic heterocycles. The summed E-state index contributed by atoms with van der Waals surface area (Å²) >= 11 is 0. The molecule has 0 aromatic carbocycles. The van der Waals surface area contributed by atoms with E-state index in [1.807, 2.05) is 6.08 Å². The van der Waals surface area contributed by atoms with E-state index in [1.165, 1.54) is 0 Å². The zero-order valence-corrected chi connectivity index (χ0v) is 7.34. The van der Waals surface area contributed by atoms with Gasteiger partial charge in [-0.25, -0.2) is 0 Å². The van der Waals surface area contributed by atoms with Crippen LogP contribution in [0.1, 0.15) is 0 Å². The van der Waals surface area contributed by atoms with Crippen LogP contribution in [0, 0.1) is 0 Å². The van der Waals surface area contributed by atoms with Gasteiger partial charge in [-0.2, -0.15) is 0 Å². The van der Waals surface area contributed by atoms with E-state index in [-0.39, 0.29) is 0 Å². The van der Waals surface area contributed by atoms with Crippen molar-refractivity contribution in [2.45, 2.75) is 0 Å². The molecule has 3 nitrogen and oxygen atoms in total. The highest BCUT2D eigenvalue weighted by molar-refractivity contribution is 5.00. The Balaban J connectivity index is 3.77. The summed E-state index contributed by atoms with van der Waals surface area (Å²) in [7, 11) is 0. The van der Waals surface area contributed by atoms with Gasteiger partial charge in [-0.3, -0.25) is 0 Å². The van der Waals surface area contributed by atoms with E-state index in [2.05, 4.69) is 23.8 Å². The van der Waals surface area contributed by atoms with Gasteiger partial charge in [-0.1, -0.05) is 12.2 Å². The molecule has 68 valence electrons.